The van der Waals surface area contributed by atoms with Gasteiger partial charge in [-0.05, 0) is 19.8 Å². The predicted octanol–water partition coefficient (Wildman–Crippen LogP) is 2.56. The number of carbonyl (C=O) groups excluding carboxylic acids is 1. The first-order chi connectivity index (χ1) is 10.9. The van der Waals surface area contributed by atoms with Crippen LogP contribution in [-0.2, 0) is 0 Å². The van der Waals surface area contributed by atoms with E-state index in [1.165, 1.54) is 43.4 Å². The normalized spacial score (nSPS) is 16.6. The molecule has 0 radical (unpaired) electrons. The second-order valence-corrected chi connectivity index (χ2v) is 8.12. The quantitative estimate of drug-likeness (QED) is 0.835. The Morgan fingerprint density at radius 3 is 2.48 bits per heavy atom. The summed E-state index contributed by atoms with van der Waals surface area (Å²) in [5.74, 6) is 0.426. The van der Waals surface area contributed by atoms with E-state index in [1.54, 1.807) is 18.9 Å². The van der Waals surface area contributed by atoms with Crippen LogP contribution < -0.4 is 0 Å². The first kappa shape index (κ1) is 18.4. The van der Waals surface area contributed by atoms with Crippen LogP contribution in [0.3, 0.4) is 0 Å². The van der Waals surface area contributed by atoms with Crippen LogP contribution in [-0.4, -0.2) is 52.8 Å². The Labute approximate surface area is 142 Å². The van der Waals surface area contributed by atoms with Gasteiger partial charge in [-0.25, -0.2) is 4.98 Å². The van der Waals surface area contributed by atoms with Crippen molar-refractivity contribution in [3.8, 4) is 0 Å². The van der Waals surface area contributed by atoms with Gasteiger partial charge in [-0.1, -0.05) is 26.2 Å². The van der Waals surface area contributed by atoms with Gasteiger partial charge in [0.05, 0.1) is 23.9 Å². The molecule has 5 nitrogen and oxygen atoms in total. The van der Waals surface area contributed by atoms with E-state index in [-0.39, 0.29) is 19.1 Å². The topological polar surface area (TPSA) is 73.7 Å². The lowest BCUT2D eigenvalue weighted by atomic mass is 9.90. The molecule has 1 saturated carbocycles. The molecular formula is C17H28N2O3S. The molecule has 23 heavy (non-hydrogen) atoms. The fraction of sp³-hybridized carbons (Fsp3) is 0.765. The molecule has 0 saturated heterocycles. The van der Waals surface area contributed by atoms with Gasteiger partial charge in [0, 0.05) is 24.9 Å². The van der Waals surface area contributed by atoms with E-state index < -0.39 is 5.41 Å². The Morgan fingerprint density at radius 2 is 1.91 bits per heavy atom. The van der Waals surface area contributed by atoms with Gasteiger partial charge >= 0.3 is 0 Å². The third kappa shape index (κ3) is 4.31. The fourth-order valence-corrected chi connectivity index (χ4v) is 4.34. The highest BCUT2D eigenvalue weighted by atomic mass is 32.1. The first-order valence-electron chi connectivity index (χ1n) is 8.34. The second kappa shape index (κ2) is 7.73. The van der Waals surface area contributed by atoms with Crippen LogP contribution in [0.15, 0.2) is 0 Å². The van der Waals surface area contributed by atoms with E-state index in [0.717, 1.165) is 10.7 Å². The lowest BCUT2D eigenvalue weighted by Crippen LogP contribution is -2.41. The average molecular weight is 340 g/mol. The molecule has 1 amide bonds. The van der Waals surface area contributed by atoms with Crippen LogP contribution in [0.1, 0.15) is 65.3 Å². The molecule has 1 aliphatic carbocycles. The highest BCUT2D eigenvalue weighted by Gasteiger charge is 2.29. The van der Waals surface area contributed by atoms with Crippen molar-refractivity contribution in [3.05, 3.63) is 15.6 Å². The van der Waals surface area contributed by atoms with Gasteiger partial charge in [0.25, 0.3) is 5.91 Å². The number of carbonyl (C=O) groups is 1. The molecule has 0 unspecified atom stereocenters. The molecule has 1 heterocycles. The van der Waals surface area contributed by atoms with Crippen molar-refractivity contribution < 1.29 is 15.0 Å². The van der Waals surface area contributed by atoms with Crippen LogP contribution >= 0.6 is 11.3 Å². The SMILES string of the molecule is Cc1nc(C2CCCCC2)sc1C(=O)N(C)CC(C)(CO)CO. The van der Waals surface area contributed by atoms with Gasteiger partial charge < -0.3 is 15.1 Å². The standard InChI is InChI=1S/C17H28N2O3S/c1-12-14(16(22)19(3)9-17(2,10-20)11-21)23-15(18-12)13-7-5-4-6-8-13/h13,20-21H,4-11H2,1-3H3. The average Bonchev–Trinajstić information content (AvgIpc) is 2.96. The Kier molecular flexibility index (Phi) is 6.17. The molecule has 1 aliphatic rings. The number of hydrogen-bond acceptors (Lipinski definition) is 5. The maximum absolute atomic E-state index is 12.7. The molecule has 1 aromatic heterocycles. The molecule has 1 fully saturated rings. The number of amides is 1. The predicted molar refractivity (Wildman–Crippen MR) is 91.9 cm³/mol. The fourth-order valence-electron chi connectivity index (χ4n) is 3.11. The lowest BCUT2D eigenvalue weighted by molar-refractivity contribution is 0.0368. The van der Waals surface area contributed by atoms with E-state index >= 15 is 0 Å². The van der Waals surface area contributed by atoms with Crippen molar-refractivity contribution in [1.29, 1.82) is 0 Å². The summed E-state index contributed by atoms with van der Waals surface area (Å²) >= 11 is 1.52. The zero-order valence-electron chi connectivity index (χ0n) is 14.3. The summed E-state index contributed by atoms with van der Waals surface area (Å²) in [5, 5.41) is 19.9. The number of aliphatic hydroxyl groups is 2. The Balaban J connectivity index is 2.11. The van der Waals surface area contributed by atoms with Crippen molar-refractivity contribution in [1.82, 2.24) is 9.88 Å². The van der Waals surface area contributed by atoms with Crippen molar-refractivity contribution in [3.63, 3.8) is 0 Å². The Bertz CT molecular complexity index is 534. The summed E-state index contributed by atoms with van der Waals surface area (Å²) in [6.07, 6.45) is 6.14. The van der Waals surface area contributed by atoms with E-state index in [0.29, 0.717) is 17.3 Å². The van der Waals surface area contributed by atoms with Gasteiger partial charge in [-0.3, -0.25) is 4.79 Å². The molecular weight excluding hydrogens is 312 g/mol. The summed E-state index contributed by atoms with van der Waals surface area (Å²) in [5.41, 5.74) is 0.108. The smallest absolute Gasteiger partial charge is 0.265 e. The summed E-state index contributed by atoms with van der Waals surface area (Å²) in [6.45, 7) is 3.66. The van der Waals surface area contributed by atoms with Crippen LogP contribution in [0.4, 0.5) is 0 Å². The van der Waals surface area contributed by atoms with E-state index in [1.807, 2.05) is 6.92 Å². The van der Waals surface area contributed by atoms with Gasteiger partial charge in [0.2, 0.25) is 0 Å². The molecule has 0 spiro atoms. The molecule has 0 aliphatic heterocycles. The summed E-state index contributed by atoms with van der Waals surface area (Å²) in [7, 11) is 1.71. The number of rotatable bonds is 6. The summed E-state index contributed by atoms with van der Waals surface area (Å²) in [6, 6.07) is 0. The molecule has 0 bridgehead atoms. The van der Waals surface area contributed by atoms with Gasteiger partial charge in [0.1, 0.15) is 4.88 Å². The number of aromatic nitrogens is 1. The number of aryl methyl sites for hydroxylation is 1. The summed E-state index contributed by atoms with van der Waals surface area (Å²) in [4.78, 5) is 19.6. The van der Waals surface area contributed by atoms with E-state index in [9.17, 15) is 15.0 Å². The van der Waals surface area contributed by atoms with Crippen molar-refractivity contribution in [2.24, 2.45) is 5.41 Å². The zero-order chi connectivity index (χ0) is 17.0. The highest BCUT2D eigenvalue weighted by molar-refractivity contribution is 7.13. The molecule has 2 N–H and O–H groups in total. The highest BCUT2D eigenvalue weighted by Crippen LogP contribution is 2.36. The third-order valence-electron chi connectivity index (χ3n) is 4.69. The molecule has 2 rings (SSSR count). The van der Waals surface area contributed by atoms with E-state index in [4.69, 9.17) is 0 Å². The van der Waals surface area contributed by atoms with Gasteiger partial charge in [-0.15, -0.1) is 11.3 Å². The molecule has 1 aromatic rings. The number of aliphatic hydroxyl groups excluding tert-OH is 2. The number of hydrogen-bond donors (Lipinski definition) is 2. The van der Waals surface area contributed by atoms with E-state index in [2.05, 4.69) is 4.98 Å². The van der Waals surface area contributed by atoms with Crippen LogP contribution in [0.2, 0.25) is 0 Å². The maximum atomic E-state index is 12.7. The molecule has 130 valence electrons. The van der Waals surface area contributed by atoms with Crippen LogP contribution in [0, 0.1) is 12.3 Å². The van der Waals surface area contributed by atoms with Crippen LogP contribution in [0.25, 0.3) is 0 Å². The minimum atomic E-state index is -0.685. The Hall–Kier alpha value is -0.980. The zero-order valence-corrected chi connectivity index (χ0v) is 15.2. The molecule has 0 atom stereocenters. The van der Waals surface area contributed by atoms with Gasteiger partial charge in [0.15, 0.2) is 0 Å². The second-order valence-electron chi connectivity index (χ2n) is 7.09. The largest absolute Gasteiger partial charge is 0.396 e. The van der Waals surface area contributed by atoms with Crippen LogP contribution in [0.5, 0.6) is 0 Å². The van der Waals surface area contributed by atoms with Crippen molar-refractivity contribution in [2.75, 3.05) is 26.8 Å². The minimum Gasteiger partial charge on any atom is -0.396 e. The first-order valence-corrected chi connectivity index (χ1v) is 9.16. The molecule has 6 heteroatoms. The number of nitrogens with zero attached hydrogens (tertiary/aromatic N) is 2. The minimum absolute atomic E-state index is 0.0739. The monoisotopic (exact) mass is 340 g/mol. The maximum Gasteiger partial charge on any atom is 0.265 e. The summed E-state index contributed by atoms with van der Waals surface area (Å²) < 4.78 is 0. The lowest BCUT2D eigenvalue weighted by Gasteiger charge is -2.30. The Morgan fingerprint density at radius 1 is 1.30 bits per heavy atom. The van der Waals surface area contributed by atoms with Crippen molar-refractivity contribution >= 4 is 17.2 Å². The van der Waals surface area contributed by atoms with Crippen molar-refractivity contribution in [2.45, 2.75) is 51.9 Å². The van der Waals surface area contributed by atoms with Gasteiger partial charge in [-0.2, -0.15) is 0 Å². The molecule has 0 aromatic carbocycles. The third-order valence-corrected chi connectivity index (χ3v) is 6.00. The number of thiazole rings is 1.